The molecule has 0 bridgehead atoms. The molecule has 1 fully saturated rings. The third-order valence-corrected chi connectivity index (χ3v) is 5.41. The van der Waals surface area contributed by atoms with Gasteiger partial charge in [0.05, 0.1) is 19.3 Å². The molecule has 152 valence electrons. The van der Waals surface area contributed by atoms with Gasteiger partial charge in [-0.3, -0.25) is 9.80 Å². The number of hydrogen-bond acceptors (Lipinski definition) is 4. The Morgan fingerprint density at radius 1 is 0.857 bits per heavy atom. The highest BCUT2D eigenvalue weighted by atomic mass is 16.5. The molecule has 0 amide bonds. The Morgan fingerprint density at radius 3 is 2.14 bits per heavy atom. The van der Waals surface area contributed by atoms with Gasteiger partial charge in [0.15, 0.2) is 0 Å². The first kappa shape index (κ1) is 21.0. The molecule has 2 aromatic rings. The minimum absolute atomic E-state index is 0.386. The van der Waals surface area contributed by atoms with Crippen molar-refractivity contribution in [2.45, 2.75) is 39.0 Å². The molecular weight excluding hydrogens is 348 g/mol. The van der Waals surface area contributed by atoms with E-state index >= 15 is 0 Å². The fourth-order valence-corrected chi connectivity index (χ4v) is 3.63. The molecule has 0 aromatic heterocycles. The van der Waals surface area contributed by atoms with E-state index in [1.807, 2.05) is 30.3 Å². The van der Waals surface area contributed by atoms with Crippen LogP contribution in [0.25, 0.3) is 0 Å². The molecule has 0 spiro atoms. The Labute approximate surface area is 169 Å². The molecule has 1 heterocycles. The summed E-state index contributed by atoms with van der Waals surface area (Å²) < 4.78 is 5.66. The third kappa shape index (κ3) is 6.71. The second-order valence-corrected chi connectivity index (χ2v) is 8.13. The van der Waals surface area contributed by atoms with E-state index in [-0.39, 0.29) is 0 Å². The average molecular weight is 383 g/mol. The number of aliphatic hydroxyl groups is 1. The molecule has 4 heteroatoms. The molecule has 1 aliphatic heterocycles. The smallest absolute Gasteiger partial charge is 0.0900 e. The molecule has 1 aliphatic rings. The van der Waals surface area contributed by atoms with E-state index in [9.17, 15) is 5.11 Å². The first-order valence-electron chi connectivity index (χ1n) is 10.4. The van der Waals surface area contributed by atoms with E-state index in [2.05, 4.69) is 47.9 Å². The number of β-amino-alcohol motifs (C(OH)–C–C–N with tert-alkyl or cyclic N) is 1. The Bertz CT molecular complexity index is 680. The number of piperazine rings is 1. The van der Waals surface area contributed by atoms with Crippen molar-refractivity contribution in [1.29, 1.82) is 0 Å². The van der Waals surface area contributed by atoms with Gasteiger partial charge in [0.1, 0.15) is 0 Å². The molecule has 28 heavy (non-hydrogen) atoms. The molecule has 1 unspecified atom stereocenters. The van der Waals surface area contributed by atoms with E-state index < -0.39 is 6.10 Å². The van der Waals surface area contributed by atoms with Gasteiger partial charge >= 0.3 is 0 Å². The summed E-state index contributed by atoms with van der Waals surface area (Å²) in [6.45, 7) is 11.2. The molecular formula is C24H34N2O2. The van der Waals surface area contributed by atoms with Gasteiger partial charge < -0.3 is 9.84 Å². The zero-order valence-electron chi connectivity index (χ0n) is 17.3. The van der Waals surface area contributed by atoms with Crippen molar-refractivity contribution in [3.8, 4) is 0 Å². The van der Waals surface area contributed by atoms with Crippen molar-refractivity contribution in [1.82, 2.24) is 9.80 Å². The molecule has 4 nitrogen and oxygen atoms in total. The first-order chi connectivity index (χ1) is 13.6. The summed E-state index contributed by atoms with van der Waals surface area (Å²) >= 11 is 0. The van der Waals surface area contributed by atoms with Crippen LogP contribution in [0.5, 0.6) is 0 Å². The summed E-state index contributed by atoms with van der Waals surface area (Å²) in [5.74, 6) is 0.584. The van der Waals surface area contributed by atoms with E-state index in [0.29, 0.717) is 25.7 Å². The lowest BCUT2D eigenvalue weighted by Gasteiger charge is -2.35. The molecule has 1 atom stereocenters. The number of aliphatic hydroxyl groups excluding tert-OH is 1. The number of ether oxygens (including phenoxy) is 1. The normalized spacial score (nSPS) is 17.1. The highest BCUT2D eigenvalue weighted by molar-refractivity contribution is 5.24. The van der Waals surface area contributed by atoms with Crippen LogP contribution in [0.1, 0.15) is 36.5 Å². The van der Waals surface area contributed by atoms with Crippen molar-refractivity contribution in [3.05, 3.63) is 71.3 Å². The van der Waals surface area contributed by atoms with E-state index in [1.165, 1.54) is 11.1 Å². The lowest BCUT2D eigenvalue weighted by Crippen LogP contribution is -2.48. The Kier molecular flexibility index (Phi) is 8.04. The van der Waals surface area contributed by atoms with Gasteiger partial charge in [0, 0.05) is 39.3 Å². The quantitative estimate of drug-likeness (QED) is 0.720. The van der Waals surface area contributed by atoms with Crippen LogP contribution in [0.3, 0.4) is 0 Å². The van der Waals surface area contributed by atoms with Gasteiger partial charge in [-0.2, -0.15) is 0 Å². The second kappa shape index (κ2) is 10.7. The number of rotatable bonds is 9. The van der Waals surface area contributed by atoms with Gasteiger partial charge in [0.25, 0.3) is 0 Å². The first-order valence-corrected chi connectivity index (χ1v) is 10.4. The Hall–Kier alpha value is -1.72. The van der Waals surface area contributed by atoms with E-state index in [0.717, 1.165) is 38.3 Å². The SMILES string of the molecule is CC(C)c1ccc(CN2CCN(CC(O)COCc3ccccc3)CC2)cc1. The summed E-state index contributed by atoms with van der Waals surface area (Å²) in [6.07, 6.45) is -0.432. The van der Waals surface area contributed by atoms with Gasteiger partial charge in [-0.15, -0.1) is 0 Å². The summed E-state index contributed by atoms with van der Waals surface area (Å²) in [4.78, 5) is 4.84. The van der Waals surface area contributed by atoms with Crippen molar-refractivity contribution >= 4 is 0 Å². The Balaban J connectivity index is 1.33. The average Bonchev–Trinajstić information content (AvgIpc) is 2.71. The van der Waals surface area contributed by atoms with Crippen LogP contribution in [0.4, 0.5) is 0 Å². The fraction of sp³-hybridized carbons (Fsp3) is 0.500. The number of nitrogens with zero attached hydrogens (tertiary/aromatic N) is 2. The van der Waals surface area contributed by atoms with E-state index in [4.69, 9.17) is 4.74 Å². The molecule has 2 aromatic carbocycles. The lowest BCUT2D eigenvalue weighted by atomic mass is 10.0. The van der Waals surface area contributed by atoms with Crippen molar-refractivity contribution in [3.63, 3.8) is 0 Å². The maximum absolute atomic E-state index is 10.3. The van der Waals surface area contributed by atoms with Crippen LogP contribution in [-0.4, -0.2) is 60.3 Å². The van der Waals surface area contributed by atoms with Crippen LogP contribution < -0.4 is 0 Å². The summed E-state index contributed by atoms with van der Waals surface area (Å²) in [5.41, 5.74) is 3.92. The van der Waals surface area contributed by atoms with Crippen LogP contribution in [0.15, 0.2) is 54.6 Å². The van der Waals surface area contributed by atoms with Gasteiger partial charge in [-0.25, -0.2) is 0 Å². The zero-order chi connectivity index (χ0) is 19.8. The Morgan fingerprint density at radius 2 is 1.50 bits per heavy atom. The van der Waals surface area contributed by atoms with Crippen molar-refractivity contribution < 1.29 is 9.84 Å². The van der Waals surface area contributed by atoms with Gasteiger partial charge in [-0.1, -0.05) is 68.4 Å². The van der Waals surface area contributed by atoms with Gasteiger partial charge in [-0.05, 0) is 22.6 Å². The molecule has 1 N–H and O–H groups in total. The van der Waals surface area contributed by atoms with Crippen LogP contribution in [-0.2, 0) is 17.9 Å². The summed E-state index contributed by atoms with van der Waals surface area (Å²) in [6, 6.07) is 19.1. The third-order valence-electron chi connectivity index (χ3n) is 5.41. The lowest BCUT2D eigenvalue weighted by molar-refractivity contribution is 0.000878. The molecule has 0 saturated carbocycles. The standard InChI is InChI=1S/C24H34N2O2/c1-20(2)23-10-8-21(9-11-23)16-25-12-14-26(15-13-25)17-24(27)19-28-18-22-6-4-3-5-7-22/h3-11,20,24,27H,12-19H2,1-2H3. The predicted molar refractivity (Wildman–Crippen MR) is 114 cm³/mol. The summed E-state index contributed by atoms with van der Waals surface area (Å²) in [5, 5.41) is 10.3. The fourth-order valence-electron chi connectivity index (χ4n) is 3.63. The maximum Gasteiger partial charge on any atom is 0.0900 e. The highest BCUT2D eigenvalue weighted by Gasteiger charge is 2.19. The van der Waals surface area contributed by atoms with Crippen LogP contribution >= 0.6 is 0 Å². The monoisotopic (exact) mass is 382 g/mol. The minimum atomic E-state index is -0.432. The van der Waals surface area contributed by atoms with Crippen molar-refractivity contribution in [2.24, 2.45) is 0 Å². The topological polar surface area (TPSA) is 35.9 Å². The van der Waals surface area contributed by atoms with Gasteiger partial charge in [0.2, 0.25) is 0 Å². The molecule has 0 radical (unpaired) electrons. The zero-order valence-corrected chi connectivity index (χ0v) is 17.3. The van der Waals surface area contributed by atoms with Crippen LogP contribution in [0, 0.1) is 0 Å². The maximum atomic E-state index is 10.3. The molecule has 1 saturated heterocycles. The number of hydrogen-bond donors (Lipinski definition) is 1. The highest BCUT2D eigenvalue weighted by Crippen LogP contribution is 2.16. The largest absolute Gasteiger partial charge is 0.389 e. The predicted octanol–water partition coefficient (Wildman–Crippen LogP) is 3.51. The van der Waals surface area contributed by atoms with Crippen LogP contribution in [0.2, 0.25) is 0 Å². The molecule has 3 rings (SSSR count). The van der Waals surface area contributed by atoms with Crippen molar-refractivity contribution in [2.75, 3.05) is 39.3 Å². The minimum Gasteiger partial charge on any atom is -0.389 e. The summed E-state index contributed by atoms with van der Waals surface area (Å²) in [7, 11) is 0. The van der Waals surface area contributed by atoms with E-state index in [1.54, 1.807) is 0 Å². The second-order valence-electron chi connectivity index (χ2n) is 8.13. The molecule has 0 aliphatic carbocycles. The number of benzene rings is 2.